The standard InChI is InChI=1S/C25H24O4/c1-3-18(2)19-13-15-20(16-14-19)23(26)17-28-25(27)22-11-7-8-12-24(22)29-21-9-5-4-6-10-21/h4-16,18H,3,17H2,1-2H3/t18-/m1/s1. The normalized spacial score (nSPS) is 11.5. The van der Waals surface area contributed by atoms with Gasteiger partial charge in [0.05, 0.1) is 0 Å². The van der Waals surface area contributed by atoms with Crippen LogP contribution < -0.4 is 4.74 Å². The Hall–Kier alpha value is -3.40. The summed E-state index contributed by atoms with van der Waals surface area (Å²) < 4.78 is 11.0. The number of ketones is 1. The van der Waals surface area contributed by atoms with Crippen LogP contribution in [-0.4, -0.2) is 18.4 Å². The van der Waals surface area contributed by atoms with Crippen molar-refractivity contribution in [2.24, 2.45) is 0 Å². The van der Waals surface area contributed by atoms with Crippen LogP contribution in [0.5, 0.6) is 11.5 Å². The fourth-order valence-electron chi connectivity index (χ4n) is 2.87. The lowest BCUT2D eigenvalue weighted by Crippen LogP contribution is -2.15. The molecule has 0 fully saturated rings. The summed E-state index contributed by atoms with van der Waals surface area (Å²) in [7, 11) is 0. The predicted octanol–water partition coefficient (Wildman–Crippen LogP) is 6.03. The van der Waals surface area contributed by atoms with E-state index in [1.165, 1.54) is 5.56 Å². The number of ether oxygens (including phenoxy) is 2. The van der Waals surface area contributed by atoms with Crippen LogP contribution in [0.2, 0.25) is 0 Å². The van der Waals surface area contributed by atoms with Gasteiger partial charge in [0.2, 0.25) is 0 Å². The summed E-state index contributed by atoms with van der Waals surface area (Å²) in [4.78, 5) is 24.9. The van der Waals surface area contributed by atoms with E-state index in [1.807, 2.05) is 30.3 Å². The molecule has 1 atom stereocenters. The number of hydrogen-bond donors (Lipinski definition) is 0. The van der Waals surface area contributed by atoms with Gasteiger partial charge in [-0.2, -0.15) is 0 Å². The second-order valence-corrected chi connectivity index (χ2v) is 6.84. The van der Waals surface area contributed by atoms with E-state index in [4.69, 9.17) is 9.47 Å². The fourth-order valence-corrected chi connectivity index (χ4v) is 2.87. The van der Waals surface area contributed by atoms with Crippen LogP contribution in [-0.2, 0) is 4.74 Å². The summed E-state index contributed by atoms with van der Waals surface area (Å²) in [6, 6.07) is 23.5. The lowest BCUT2D eigenvalue weighted by atomic mass is 9.97. The Morgan fingerprint density at radius 1 is 0.862 bits per heavy atom. The summed E-state index contributed by atoms with van der Waals surface area (Å²) in [6.07, 6.45) is 1.04. The van der Waals surface area contributed by atoms with Gasteiger partial charge in [0.1, 0.15) is 17.1 Å². The van der Waals surface area contributed by atoms with Gasteiger partial charge in [-0.25, -0.2) is 4.79 Å². The predicted molar refractivity (Wildman–Crippen MR) is 113 cm³/mol. The first kappa shape index (κ1) is 20.3. The van der Waals surface area contributed by atoms with Gasteiger partial charge in [-0.1, -0.05) is 68.4 Å². The molecule has 0 aliphatic carbocycles. The van der Waals surface area contributed by atoms with Crippen LogP contribution in [0.15, 0.2) is 78.9 Å². The molecule has 0 aliphatic heterocycles. The molecule has 4 nitrogen and oxygen atoms in total. The maximum Gasteiger partial charge on any atom is 0.342 e. The third-order valence-electron chi connectivity index (χ3n) is 4.83. The quantitative estimate of drug-likeness (QED) is 0.349. The van der Waals surface area contributed by atoms with Gasteiger partial charge in [-0.15, -0.1) is 0 Å². The number of rotatable bonds is 8. The highest BCUT2D eigenvalue weighted by Gasteiger charge is 2.17. The molecule has 0 aromatic heterocycles. The number of hydrogen-bond acceptors (Lipinski definition) is 4. The molecule has 0 amide bonds. The van der Waals surface area contributed by atoms with Crippen LogP contribution in [0.25, 0.3) is 0 Å². The highest BCUT2D eigenvalue weighted by atomic mass is 16.5. The van der Waals surface area contributed by atoms with Crippen molar-refractivity contribution in [2.75, 3.05) is 6.61 Å². The Balaban J connectivity index is 1.64. The number of benzene rings is 3. The van der Waals surface area contributed by atoms with Crippen LogP contribution in [0, 0.1) is 0 Å². The molecule has 3 rings (SSSR count). The molecule has 0 saturated carbocycles. The zero-order valence-corrected chi connectivity index (χ0v) is 16.6. The van der Waals surface area contributed by atoms with Crippen molar-refractivity contribution in [3.8, 4) is 11.5 Å². The van der Waals surface area contributed by atoms with E-state index in [-0.39, 0.29) is 18.0 Å². The molecule has 29 heavy (non-hydrogen) atoms. The molecule has 3 aromatic carbocycles. The third-order valence-corrected chi connectivity index (χ3v) is 4.83. The Morgan fingerprint density at radius 2 is 1.52 bits per heavy atom. The van der Waals surface area contributed by atoms with Crippen molar-refractivity contribution >= 4 is 11.8 Å². The molecule has 0 aliphatic rings. The molecule has 0 heterocycles. The van der Waals surface area contributed by atoms with E-state index in [1.54, 1.807) is 48.5 Å². The number of esters is 1. The van der Waals surface area contributed by atoms with E-state index in [0.29, 0.717) is 23.0 Å². The monoisotopic (exact) mass is 388 g/mol. The minimum absolute atomic E-state index is 0.240. The Kier molecular flexibility index (Phi) is 6.80. The molecule has 0 spiro atoms. The topological polar surface area (TPSA) is 52.6 Å². The molecule has 0 unspecified atom stereocenters. The molecular weight excluding hydrogens is 364 g/mol. The summed E-state index contributed by atoms with van der Waals surface area (Å²) in [6.45, 7) is 3.96. The van der Waals surface area contributed by atoms with Crippen molar-refractivity contribution < 1.29 is 19.1 Å². The van der Waals surface area contributed by atoms with Crippen LogP contribution in [0.3, 0.4) is 0 Å². The highest BCUT2D eigenvalue weighted by Crippen LogP contribution is 2.25. The first-order chi connectivity index (χ1) is 14.1. The SMILES string of the molecule is CC[C@@H](C)c1ccc(C(=O)COC(=O)c2ccccc2Oc2ccccc2)cc1. The Morgan fingerprint density at radius 3 is 2.21 bits per heavy atom. The van der Waals surface area contributed by atoms with Crippen molar-refractivity contribution in [2.45, 2.75) is 26.2 Å². The van der Waals surface area contributed by atoms with E-state index in [9.17, 15) is 9.59 Å². The van der Waals surface area contributed by atoms with Gasteiger partial charge >= 0.3 is 5.97 Å². The third kappa shape index (κ3) is 5.32. The smallest absolute Gasteiger partial charge is 0.342 e. The van der Waals surface area contributed by atoms with E-state index in [0.717, 1.165) is 6.42 Å². The number of carbonyl (C=O) groups is 2. The zero-order valence-electron chi connectivity index (χ0n) is 16.6. The second kappa shape index (κ2) is 9.69. The van der Waals surface area contributed by atoms with Crippen molar-refractivity contribution in [1.82, 2.24) is 0 Å². The molecule has 0 N–H and O–H groups in total. The lowest BCUT2D eigenvalue weighted by molar-refractivity contribution is 0.0472. The van der Waals surface area contributed by atoms with Crippen molar-refractivity contribution in [1.29, 1.82) is 0 Å². The van der Waals surface area contributed by atoms with Gasteiger partial charge in [-0.05, 0) is 42.2 Å². The molecule has 0 radical (unpaired) electrons. The van der Waals surface area contributed by atoms with Crippen LogP contribution in [0.1, 0.15) is 52.5 Å². The summed E-state index contributed by atoms with van der Waals surface area (Å²) >= 11 is 0. The highest BCUT2D eigenvalue weighted by molar-refractivity contribution is 6.00. The number of carbonyl (C=O) groups excluding carboxylic acids is 2. The Bertz CT molecular complexity index is 962. The van der Waals surface area contributed by atoms with E-state index >= 15 is 0 Å². The minimum Gasteiger partial charge on any atom is -0.456 e. The fraction of sp³-hybridized carbons (Fsp3) is 0.200. The largest absolute Gasteiger partial charge is 0.456 e. The van der Waals surface area contributed by atoms with Gasteiger partial charge < -0.3 is 9.47 Å². The minimum atomic E-state index is -0.596. The summed E-state index contributed by atoms with van der Waals surface area (Å²) in [5.74, 6) is 0.606. The van der Waals surface area contributed by atoms with Gasteiger partial charge in [0, 0.05) is 5.56 Å². The zero-order chi connectivity index (χ0) is 20.6. The van der Waals surface area contributed by atoms with E-state index < -0.39 is 5.97 Å². The summed E-state index contributed by atoms with van der Waals surface area (Å²) in [5.41, 5.74) is 1.99. The Labute approximate surface area is 171 Å². The van der Waals surface area contributed by atoms with Crippen molar-refractivity contribution in [3.05, 3.63) is 95.6 Å². The molecular formula is C25H24O4. The van der Waals surface area contributed by atoms with Crippen LogP contribution in [0.4, 0.5) is 0 Å². The molecule has 0 saturated heterocycles. The second-order valence-electron chi connectivity index (χ2n) is 6.84. The van der Waals surface area contributed by atoms with Gasteiger partial charge in [0.25, 0.3) is 0 Å². The maximum absolute atomic E-state index is 12.5. The molecule has 3 aromatic rings. The van der Waals surface area contributed by atoms with E-state index in [2.05, 4.69) is 13.8 Å². The van der Waals surface area contributed by atoms with Gasteiger partial charge in [0.15, 0.2) is 12.4 Å². The molecule has 148 valence electrons. The average molecular weight is 388 g/mol. The number of Topliss-reactive ketones (excluding diaryl/α,β-unsaturated/α-hetero) is 1. The number of para-hydroxylation sites is 2. The summed E-state index contributed by atoms with van der Waals surface area (Å²) in [5, 5.41) is 0. The first-order valence-corrected chi connectivity index (χ1v) is 9.70. The van der Waals surface area contributed by atoms with Crippen LogP contribution >= 0.6 is 0 Å². The molecule has 0 bridgehead atoms. The molecule has 4 heteroatoms. The maximum atomic E-state index is 12.5. The van der Waals surface area contributed by atoms with Gasteiger partial charge in [-0.3, -0.25) is 4.79 Å². The van der Waals surface area contributed by atoms with Crippen molar-refractivity contribution in [3.63, 3.8) is 0 Å². The lowest BCUT2D eigenvalue weighted by Gasteiger charge is -2.11. The average Bonchev–Trinajstić information content (AvgIpc) is 2.78. The first-order valence-electron chi connectivity index (χ1n) is 9.70.